The number of ether oxygens (including phenoxy) is 1. The molecule has 1 rings (SSSR count). The van der Waals surface area contributed by atoms with Crippen LogP contribution in [0.5, 0.6) is 0 Å². The highest BCUT2D eigenvalue weighted by atomic mass is 16.5. The van der Waals surface area contributed by atoms with Crippen LogP contribution in [0.1, 0.15) is 33.6 Å². The predicted octanol–water partition coefficient (Wildman–Crippen LogP) is 1.91. The Labute approximate surface area is 103 Å². The first kappa shape index (κ1) is 14.2. The summed E-state index contributed by atoms with van der Waals surface area (Å²) in [5.41, 5.74) is 0.499. The number of hydrogen-bond acceptors (Lipinski definition) is 3. The van der Waals surface area contributed by atoms with Crippen molar-refractivity contribution in [2.24, 2.45) is 0 Å². The van der Waals surface area contributed by atoms with Crippen LogP contribution in [0, 0.1) is 0 Å². The van der Waals surface area contributed by atoms with Crippen molar-refractivity contribution < 1.29 is 14.6 Å². The predicted molar refractivity (Wildman–Crippen MR) is 67.1 cm³/mol. The van der Waals surface area contributed by atoms with Crippen molar-refractivity contribution in [3.63, 3.8) is 0 Å². The average molecular weight is 241 g/mol. The van der Waals surface area contributed by atoms with Gasteiger partial charge in [-0.2, -0.15) is 0 Å². The van der Waals surface area contributed by atoms with Crippen LogP contribution in [0.25, 0.3) is 0 Å². The first-order valence-corrected chi connectivity index (χ1v) is 6.36. The Morgan fingerprint density at radius 3 is 2.76 bits per heavy atom. The van der Waals surface area contributed by atoms with Crippen molar-refractivity contribution in [1.82, 2.24) is 4.90 Å². The number of rotatable bonds is 5. The van der Waals surface area contributed by atoms with Crippen LogP contribution >= 0.6 is 0 Å². The standard InChI is InChI=1S/C13H23NO3/c1-4-11(13(15)16)6-7-14-8-10(3)17-9-12(14)5-2/h6,10,12H,4-5,7-9H2,1-3H3,(H,15,16). The first-order valence-electron chi connectivity index (χ1n) is 6.36. The van der Waals surface area contributed by atoms with Crippen molar-refractivity contribution >= 4 is 5.97 Å². The van der Waals surface area contributed by atoms with Gasteiger partial charge in [0.25, 0.3) is 0 Å². The van der Waals surface area contributed by atoms with Crippen LogP contribution < -0.4 is 0 Å². The lowest BCUT2D eigenvalue weighted by molar-refractivity contribution is -0.132. The molecule has 0 spiro atoms. The molecule has 0 saturated carbocycles. The molecule has 4 heteroatoms. The molecule has 1 saturated heterocycles. The van der Waals surface area contributed by atoms with Gasteiger partial charge in [0.2, 0.25) is 0 Å². The summed E-state index contributed by atoms with van der Waals surface area (Å²) in [6.45, 7) is 8.41. The molecule has 0 aliphatic carbocycles. The summed E-state index contributed by atoms with van der Waals surface area (Å²) in [4.78, 5) is 13.2. The number of morpholine rings is 1. The van der Waals surface area contributed by atoms with Gasteiger partial charge in [0.1, 0.15) is 0 Å². The van der Waals surface area contributed by atoms with Gasteiger partial charge in [-0.1, -0.05) is 19.9 Å². The SMILES string of the molecule is CCC(=CCN1CC(C)OCC1CC)C(=O)O. The van der Waals surface area contributed by atoms with Gasteiger partial charge in [-0.25, -0.2) is 4.79 Å². The number of carbonyl (C=O) groups is 1. The van der Waals surface area contributed by atoms with Gasteiger partial charge in [-0.05, 0) is 19.8 Å². The monoisotopic (exact) mass is 241 g/mol. The van der Waals surface area contributed by atoms with Crippen LogP contribution in [-0.2, 0) is 9.53 Å². The van der Waals surface area contributed by atoms with E-state index in [1.165, 1.54) is 0 Å². The van der Waals surface area contributed by atoms with Crippen molar-refractivity contribution in [3.8, 4) is 0 Å². The molecule has 2 atom stereocenters. The molecule has 1 fully saturated rings. The largest absolute Gasteiger partial charge is 0.478 e. The summed E-state index contributed by atoms with van der Waals surface area (Å²) in [6, 6.07) is 0.411. The highest BCUT2D eigenvalue weighted by molar-refractivity contribution is 5.86. The molecule has 17 heavy (non-hydrogen) atoms. The molecule has 0 aromatic rings. The number of carboxylic acid groups (broad SMARTS) is 1. The van der Waals surface area contributed by atoms with E-state index in [4.69, 9.17) is 9.84 Å². The van der Waals surface area contributed by atoms with Gasteiger partial charge in [-0.15, -0.1) is 0 Å². The fourth-order valence-electron chi connectivity index (χ4n) is 2.12. The molecule has 0 amide bonds. The third-order valence-corrected chi connectivity index (χ3v) is 3.28. The molecule has 2 unspecified atom stereocenters. The Bertz CT molecular complexity index is 288. The summed E-state index contributed by atoms with van der Waals surface area (Å²) in [6.07, 6.45) is 3.69. The summed E-state index contributed by atoms with van der Waals surface area (Å²) in [5, 5.41) is 8.97. The van der Waals surface area contributed by atoms with Crippen molar-refractivity contribution in [2.45, 2.75) is 45.8 Å². The average Bonchev–Trinajstić information content (AvgIpc) is 2.29. The molecule has 1 N–H and O–H groups in total. The van der Waals surface area contributed by atoms with E-state index in [9.17, 15) is 4.79 Å². The number of nitrogens with zero attached hydrogens (tertiary/aromatic N) is 1. The quantitative estimate of drug-likeness (QED) is 0.747. The third kappa shape index (κ3) is 4.13. The van der Waals surface area contributed by atoms with E-state index in [0.29, 0.717) is 24.6 Å². The van der Waals surface area contributed by atoms with Gasteiger partial charge in [-0.3, -0.25) is 4.90 Å². The maximum absolute atomic E-state index is 10.9. The normalized spacial score (nSPS) is 27.1. The van der Waals surface area contributed by atoms with E-state index in [1.54, 1.807) is 0 Å². The fourth-order valence-corrected chi connectivity index (χ4v) is 2.12. The summed E-state index contributed by atoms with van der Waals surface area (Å²) >= 11 is 0. The molecule has 98 valence electrons. The van der Waals surface area contributed by atoms with E-state index >= 15 is 0 Å². The molecular weight excluding hydrogens is 218 g/mol. The highest BCUT2D eigenvalue weighted by Crippen LogP contribution is 2.15. The van der Waals surface area contributed by atoms with Crippen molar-refractivity contribution in [1.29, 1.82) is 0 Å². The molecule has 0 bridgehead atoms. The highest BCUT2D eigenvalue weighted by Gasteiger charge is 2.24. The second-order valence-corrected chi connectivity index (χ2v) is 4.55. The molecule has 0 radical (unpaired) electrons. The molecule has 4 nitrogen and oxygen atoms in total. The van der Waals surface area contributed by atoms with Crippen LogP contribution in [0.2, 0.25) is 0 Å². The lowest BCUT2D eigenvalue weighted by Gasteiger charge is -2.37. The molecule has 1 aliphatic rings. The minimum atomic E-state index is -0.804. The fraction of sp³-hybridized carbons (Fsp3) is 0.769. The molecule has 1 aliphatic heterocycles. The van der Waals surface area contributed by atoms with Crippen molar-refractivity contribution in [3.05, 3.63) is 11.6 Å². The smallest absolute Gasteiger partial charge is 0.331 e. The maximum Gasteiger partial charge on any atom is 0.331 e. The number of carboxylic acids is 1. The molecule has 1 heterocycles. The minimum absolute atomic E-state index is 0.237. The third-order valence-electron chi connectivity index (χ3n) is 3.28. The summed E-state index contributed by atoms with van der Waals surface area (Å²) in [7, 11) is 0. The van der Waals surface area contributed by atoms with Crippen LogP contribution in [0.3, 0.4) is 0 Å². The van der Waals surface area contributed by atoms with Gasteiger partial charge in [0.05, 0.1) is 12.7 Å². The number of hydrogen-bond donors (Lipinski definition) is 1. The van der Waals surface area contributed by atoms with Crippen molar-refractivity contribution in [2.75, 3.05) is 19.7 Å². The Morgan fingerprint density at radius 1 is 1.53 bits per heavy atom. The van der Waals surface area contributed by atoms with E-state index in [1.807, 2.05) is 13.0 Å². The Morgan fingerprint density at radius 2 is 2.24 bits per heavy atom. The van der Waals surface area contributed by atoms with Crippen LogP contribution in [0.4, 0.5) is 0 Å². The maximum atomic E-state index is 10.9. The van der Waals surface area contributed by atoms with Gasteiger partial charge >= 0.3 is 5.97 Å². The molecule has 0 aromatic carbocycles. The lowest BCUT2D eigenvalue weighted by Crippen LogP contribution is -2.48. The Balaban J connectivity index is 2.61. The van der Waals surface area contributed by atoms with E-state index in [2.05, 4.69) is 18.7 Å². The van der Waals surface area contributed by atoms with E-state index < -0.39 is 5.97 Å². The van der Waals surface area contributed by atoms with Gasteiger partial charge < -0.3 is 9.84 Å². The molecular formula is C13H23NO3. The summed E-state index contributed by atoms with van der Waals surface area (Å²) < 4.78 is 5.61. The van der Waals surface area contributed by atoms with Crippen LogP contribution in [-0.4, -0.2) is 47.8 Å². The number of aliphatic carboxylic acids is 1. The lowest BCUT2D eigenvalue weighted by atomic mass is 10.1. The summed E-state index contributed by atoms with van der Waals surface area (Å²) in [5.74, 6) is -0.804. The van der Waals surface area contributed by atoms with Crippen LogP contribution in [0.15, 0.2) is 11.6 Å². The van der Waals surface area contributed by atoms with E-state index in [0.717, 1.165) is 19.6 Å². The topological polar surface area (TPSA) is 49.8 Å². The Kier molecular flexibility index (Phi) is 5.65. The second kappa shape index (κ2) is 6.77. The Hall–Kier alpha value is -0.870. The van der Waals surface area contributed by atoms with Gasteiger partial charge in [0.15, 0.2) is 0 Å². The first-order chi connectivity index (χ1) is 8.08. The zero-order valence-electron chi connectivity index (χ0n) is 11.0. The van der Waals surface area contributed by atoms with E-state index in [-0.39, 0.29) is 6.10 Å². The molecule has 0 aromatic heterocycles. The second-order valence-electron chi connectivity index (χ2n) is 4.55. The zero-order valence-corrected chi connectivity index (χ0v) is 11.0. The zero-order chi connectivity index (χ0) is 12.8. The minimum Gasteiger partial charge on any atom is -0.478 e. The van der Waals surface area contributed by atoms with Gasteiger partial charge in [0, 0.05) is 24.7 Å².